The molecule has 0 spiro atoms. The van der Waals surface area contributed by atoms with Crippen LogP contribution in [0.3, 0.4) is 0 Å². The summed E-state index contributed by atoms with van der Waals surface area (Å²) in [7, 11) is 0. The van der Waals surface area contributed by atoms with E-state index < -0.39 is 5.60 Å². The summed E-state index contributed by atoms with van der Waals surface area (Å²) in [6.45, 7) is 0.870. The van der Waals surface area contributed by atoms with Crippen LogP contribution in [-0.4, -0.2) is 30.0 Å². The Morgan fingerprint density at radius 2 is 2.10 bits per heavy atom. The van der Waals surface area contributed by atoms with Crippen LogP contribution in [0.4, 0.5) is 0 Å². The van der Waals surface area contributed by atoms with E-state index in [1.165, 1.54) is 12.8 Å². The van der Waals surface area contributed by atoms with Crippen molar-refractivity contribution in [3.05, 3.63) is 0 Å². The van der Waals surface area contributed by atoms with Crippen LogP contribution in [0.15, 0.2) is 0 Å². The van der Waals surface area contributed by atoms with Gasteiger partial charge in [0.1, 0.15) is 5.60 Å². The average molecular weight is 143 g/mol. The van der Waals surface area contributed by atoms with Crippen molar-refractivity contribution in [1.29, 1.82) is 0 Å². The van der Waals surface area contributed by atoms with Gasteiger partial charge in [-0.1, -0.05) is 0 Å². The van der Waals surface area contributed by atoms with Crippen LogP contribution < -0.4 is 5.73 Å². The third-order valence-electron chi connectivity index (χ3n) is 2.45. The Bertz CT molecular complexity index is 141. The lowest BCUT2D eigenvalue weighted by molar-refractivity contribution is -0.192. The second-order valence-electron chi connectivity index (χ2n) is 3.46. The monoisotopic (exact) mass is 143 g/mol. The third kappa shape index (κ3) is 0.856. The molecule has 0 aromatic carbocycles. The van der Waals surface area contributed by atoms with Crippen molar-refractivity contribution >= 4 is 0 Å². The lowest BCUT2D eigenvalue weighted by Gasteiger charge is -2.41. The number of aliphatic hydroxyl groups is 1. The Morgan fingerprint density at radius 1 is 1.50 bits per heavy atom. The first-order chi connectivity index (χ1) is 4.72. The molecule has 10 heavy (non-hydrogen) atoms. The molecule has 3 N–H and O–H groups in total. The SMILES string of the molecule is NC(C1CC1)C1(O)COC1. The van der Waals surface area contributed by atoms with Gasteiger partial charge in [0.25, 0.3) is 0 Å². The van der Waals surface area contributed by atoms with Gasteiger partial charge in [0.2, 0.25) is 0 Å². The summed E-state index contributed by atoms with van der Waals surface area (Å²) >= 11 is 0. The molecule has 1 aliphatic carbocycles. The van der Waals surface area contributed by atoms with Crippen molar-refractivity contribution < 1.29 is 9.84 Å². The maximum atomic E-state index is 9.64. The Balaban J connectivity index is 1.95. The van der Waals surface area contributed by atoms with Crippen molar-refractivity contribution in [2.75, 3.05) is 13.2 Å². The Hall–Kier alpha value is -0.120. The lowest BCUT2D eigenvalue weighted by Crippen LogP contribution is -2.62. The summed E-state index contributed by atoms with van der Waals surface area (Å²) in [5.74, 6) is 0.564. The van der Waals surface area contributed by atoms with E-state index in [-0.39, 0.29) is 6.04 Å². The van der Waals surface area contributed by atoms with Gasteiger partial charge < -0.3 is 15.6 Å². The van der Waals surface area contributed by atoms with E-state index in [1.54, 1.807) is 0 Å². The van der Waals surface area contributed by atoms with Gasteiger partial charge in [-0.05, 0) is 18.8 Å². The Labute approximate surface area is 60.2 Å². The van der Waals surface area contributed by atoms with Crippen LogP contribution in [-0.2, 0) is 4.74 Å². The quantitative estimate of drug-likeness (QED) is 0.547. The normalized spacial score (nSPS) is 33.0. The number of hydrogen-bond donors (Lipinski definition) is 2. The summed E-state index contributed by atoms with van der Waals surface area (Å²) in [6.07, 6.45) is 2.37. The summed E-state index contributed by atoms with van der Waals surface area (Å²) < 4.78 is 4.91. The maximum absolute atomic E-state index is 9.64. The standard InChI is InChI=1S/C7H13NO2/c8-6(5-1-2-5)7(9)3-10-4-7/h5-6,9H,1-4,8H2. The molecule has 0 bridgehead atoms. The summed E-state index contributed by atoms with van der Waals surface area (Å²) in [5, 5.41) is 9.64. The molecule has 58 valence electrons. The molecule has 2 rings (SSSR count). The van der Waals surface area contributed by atoms with Gasteiger partial charge >= 0.3 is 0 Å². The van der Waals surface area contributed by atoms with Gasteiger partial charge in [0.15, 0.2) is 0 Å². The highest BCUT2D eigenvalue weighted by atomic mass is 16.5. The highest BCUT2D eigenvalue weighted by Gasteiger charge is 2.48. The lowest BCUT2D eigenvalue weighted by atomic mass is 9.90. The van der Waals surface area contributed by atoms with E-state index in [0.717, 1.165) is 0 Å². The molecule has 1 saturated heterocycles. The van der Waals surface area contributed by atoms with E-state index in [9.17, 15) is 5.11 Å². The van der Waals surface area contributed by atoms with E-state index >= 15 is 0 Å². The second kappa shape index (κ2) is 1.94. The van der Waals surface area contributed by atoms with E-state index in [0.29, 0.717) is 19.1 Å². The van der Waals surface area contributed by atoms with Crippen LogP contribution in [0.1, 0.15) is 12.8 Å². The van der Waals surface area contributed by atoms with Gasteiger partial charge in [0.05, 0.1) is 13.2 Å². The van der Waals surface area contributed by atoms with Crippen LogP contribution in [0.25, 0.3) is 0 Å². The Kier molecular flexibility index (Phi) is 1.27. The molecule has 1 unspecified atom stereocenters. The van der Waals surface area contributed by atoms with Crippen LogP contribution in [0, 0.1) is 5.92 Å². The predicted molar refractivity (Wildman–Crippen MR) is 36.5 cm³/mol. The smallest absolute Gasteiger partial charge is 0.126 e. The Morgan fingerprint density at radius 3 is 2.40 bits per heavy atom. The fraction of sp³-hybridized carbons (Fsp3) is 1.00. The van der Waals surface area contributed by atoms with Crippen molar-refractivity contribution in [3.8, 4) is 0 Å². The zero-order valence-electron chi connectivity index (χ0n) is 5.92. The molecule has 3 heteroatoms. The van der Waals surface area contributed by atoms with E-state index in [4.69, 9.17) is 10.5 Å². The molecule has 2 aliphatic rings. The molecule has 0 aromatic rings. The minimum atomic E-state index is -0.679. The number of hydrogen-bond acceptors (Lipinski definition) is 3. The van der Waals surface area contributed by atoms with Gasteiger partial charge in [-0.25, -0.2) is 0 Å². The molecule has 0 aromatic heterocycles. The number of nitrogens with two attached hydrogens (primary N) is 1. The molecule has 2 fully saturated rings. The zero-order chi connectivity index (χ0) is 7.19. The van der Waals surface area contributed by atoms with Gasteiger partial charge in [0, 0.05) is 6.04 Å². The molecule has 1 aliphatic heterocycles. The molecular formula is C7H13NO2. The molecule has 0 radical (unpaired) electrons. The predicted octanol–water partition coefficient (Wildman–Crippen LogP) is -0.515. The van der Waals surface area contributed by atoms with E-state index in [2.05, 4.69) is 0 Å². The number of ether oxygens (including phenoxy) is 1. The minimum Gasteiger partial charge on any atom is -0.383 e. The summed E-state index contributed by atoms with van der Waals surface area (Å²) in [4.78, 5) is 0. The maximum Gasteiger partial charge on any atom is 0.126 e. The number of rotatable bonds is 2. The van der Waals surface area contributed by atoms with Crippen molar-refractivity contribution in [2.45, 2.75) is 24.5 Å². The first kappa shape index (κ1) is 6.58. The molecule has 3 nitrogen and oxygen atoms in total. The summed E-state index contributed by atoms with van der Waals surface area (Å²) in [6, 6.07) is -0.0405. The minimum absolute atomic E-state index is 0.0405. The molecule has 0 amide bonds. The fourth-order valence-corrected chi connectivity index (χ4v) is 1.40. The average Bonchev–Trinajstić information content (AvgIpc) is 2.62. The first-order valence-corrected chi connectivity index (χ1v) is 3.78. The van der Waals surface area contributed by atoms with Crippen LogP contribution >= 0.6 is 0 Å². The van der Waals surface area contributed by atoms with Crippen LogP contribution in [0.2, 0.25) is 0 Å². The molecular weight excluding hydrogens is 130 g/mol. The first-order valence-electron chi connectivity index (χ1n) is 3.78. The van der Waals surface area contributed by atoms with Crippen LogP contribution in [0.5, 0.6) is 0 Å². The van der Waals surface area contributed by atoms with Gasteiger partial charge in [-0.3, -0.25) is 0 Å². The van der Waals surface area contributed by atoms with Crippen molar-refractivity contribution in [1.82, 2.24) is 0 Å². The van der Waals surface area contributed by atoms with Crippen molar-refractivity contribution in [3.63, 3.8) is 0 Å². The second-order valence-corrected chi connectivity index (χ2v) is 3.46. The van der Waals surface area contributed by atoms with E-state index in [1.807, 2.05) is 0 Å². The largest absolute Gasteiger partial charge is 0.383 e. The third-order valence-corrected chi connectivity index (χ3v) is 2.45. The highest BCUT2D eigenvalue weighted by molar-refractivity contribution is 5.02. The topological polar surface area (TPSA) is 55.5 Å². The summed E-state index contributed by atoms with van der Waals surface area (Å²) in [5.41, 5.74) is 5.11. The zero-order valence-corrected chi connectivity index (χ0v) is 5.92. The van der Waals surface area contributed by atoms with Gasteiger partial charge in [-0.15, -0.1) is 0 Å². The molecule has 1 heterocycles. The molecule has 1 atom stereocenters. The van der Waals surface area contributed by atoms with Gasteiger partial charge in [-0.2, -0.15) is 0 Å². The van der Waals surface area contributed by atoms with Crippen molar-refractivity contribution in [2.24, 2.45) is 11.7 Å². The molecule has 1 saturated carbocycles. The fourth-order valence-electron chi connectivity index (χ4n) is 1.40. The highest BCUT2D eigenvalue weighted by Crippen LogP contribution is 2.38.